The molecule has 5 nitrogen and oxygen atoms in total. The molecule has 54 heavy (non-hydrogen) atoms. The first-order valence-corrected chi connectivity index (χ1v) is 17.8. The van der Waals surface area contributed by atoms with Gasteiger partial charge in [0.1, 0.15) is 0 Å². The van der Waals surface area contributed by atoms with E-state index < -0.39 is 0 Å². The minimum Gasteiger partial charge on any atom is -0.309 e. The fourth-order valence-electron chi connectivity index (χ4n) is 7.94. The molecule has 0 radical (unpaired) electrons. The summed E-state index contributed by atoms with van der Waals surface area (Å²) in [7, 11) is 0. The maximum absolute atomic E-state index is 9.87. The van der Waals surface area contributed by atoms with Crippen molar-refractivity contribution in [3.05, 3.63) is 187 Å². The number of aromatic nitrogens is 3. The Bertz CT molecular complexity index is 3030. The summed E-state index contributed by atoms with van der Waals surface area (Å²) in [5, 5.41) is 24.6. The molecule has 0 unspecified atom stereocenters. The Morgan fingerprint density at radius 2 is 0.796 bits per heavy atom. The van der Waals surface area contributed by atoms with Gasteiger partial charge >= 0.3 is 0 Å². The standard InChI is InChI=1S/C49H29N5/c50-30-32-27-33(31-51)29-36(28-32)49-39(34-17-21-37(22-18-34)53-45-13-5-1-9-40(45)41-10-2-6-14-46(41)53)25-26-44(52-49)35-19-23-38(24-20-35)54-47-15-7-3-11-42(47)43-12-4-8-16-48(43)54/h1-29H. The Labute approximate surface area is 311 Å². The van der Waals surface area contributed by atoms with Crippen LogP contribution in [0.25, 0.3) is 88.6 Å². The highest BCUT2D eigenvalue weighted by atomic mass is 15.0. The summed E-state index contributed by atoms with van der Waals surface area (Å²) in [6, 6.07) is 64.9. The molecule has 7 aromatic carbocycles. The number of fused-ring (bicyclic) bond motifs is 6. The quantitative estimate of drug-likeness (QED) is 0.181. The van der Waals surface area contributed by atoms with Crippen molar-refractivity contribution in [3.8, 4) is 57.2 Å². The van der Waals surface area contributed by atoms with Gasteiger partial charge in [0.15, 0.2) is 0 Å². The molecule has 0 aliphatic carbocycles. The summed E-state index contributed by atoms with van der Waals surface area (Å²) in [6.07, 6.45) is 0. The first-order valence-electron chi connectivity index (χ1n) is 17.8. The second-order valence-corrected chi connectivity index (χ2v) is 13.4. The van der Waals surface area contributed by atoms with Crippen LogP contribution in [0.1, 0.15) is 11.1 Å². The zero-order valence-electron chi connectivity index (χ0n) is 29.0. The van der Waals surface area contributed by atoms with E-state index >= 15 is 0 Å². The van der Waals surface area contributed by atoms with E-state index in [9.17, 15) is 10.5 Å². The van der Waals surface area contributed by atoms with Crippen LogP contribution >= 0.6 is 0 Å². The topological polar surface area (TPSA) is 70.3 Å². The van der Waals surface area contributed by atoms with Gasteiger partial charge in [0.25, 0.3) is 0 Å². The monoisotopic (exact) mass is 687 g/mol. The maximum atomic E-state index is 9.87. The lowest BCUT2D eigenvalue weighted by Gasteiger charge is -2.14. The van der Waals surface area contributed by atoms with Gasteiger partial charge in [0, 0.05) is 49.6 Å². The molecule has 10 rings (SSSR count). The zero-order chi connectivity index (χ0) is 36.2. The summed E-state index contributed by atoms with van der Waals surface area (Å²) in [5.41, 5.74) is 12.7. The molecule has 0 fully saturated rings. The highest BCUT2D eigenvalue weighted by Crippen LogP contribution is 2.37. The van der Waals surface area contributed by atoms with Crippen molar-refractivity contribution < 1.29 is 0 Å². The van der Waals surface area contributed by atoms with Crippen molar-refractivity contribution in [1.82, 2.24) is 14.1 Å². The van der Waals surface area contributed by atoms with Gasteiger partial charge in [-0.2, -0.15) is 10.5 Å². The van der Waals surface area contributed by atoms with Crippen LogP contribution in [0, 0.1) is 22.7 Å². The fraction of sp³-hybridized carbons (Fsp3) is 0. The Kier molecular flexibility index (Phi) is 7.18. The van der Waals surface area contributed by atoms with Crippen LogP contribution in [-0.4, -0.2) is 14.1 Å². The third kappa shape index (κ3) is 4.96. The third-order valence-corrected chi connectivity index (χ3v) is 10.4. The second-order valence-electron chi connectivity index (χ2n) is 13.4. The van der Waals surface area contributed by atoms with Crippen molar-refractivity contribution in [2.45, 2.75) is 0 Å². The molecular weight excluding hydrogens is 659 g/mol. The van der Waals surface area contributed by atoms with E-state index in [1.165, 1.54) is 21.5 Å². The van der Waals surface area contributed by atoms with Gasteiger partial charge in [-0.15, -0.1) is 0 Å². The zero-order valence-corrected chi connectivity index (χ0v) is 29.0. The Hall–Kier alpha value is -7.73. The number of hydrogen-bond acceptors (Lipinski definition) is 3. The van der Waals surface area contributed by atoms with E-state index in [2.05, 4.69) is 179 Å². The van der Waals surface area contributed by atoms with Crippen molar-refractivity contribution in [1.29, 1.82) is 10.5 Å². The van der Waals surface area contributed by atoms with E-state index in [0.29, 0.717) is 16.8 Å². The van der Waals surface area contributed by atoms with Gasteiger partial charge in [0.05, 0.1) is 56.7 Å². The van der Waals surface area contributed by atoms with E-state index in [1.807, 2.05) is 12.1 Å². The molecule has 10 aromatic rings. The van der Waals surface area contributed by atoms with Crippen LogP contribution in [0.15, 0.2) is 176 Å². The van der Waals surface area contributed by atoms with Gasteiger partial charge in [-0.25, -0.2) is 4.98 Å². The lowest BCUT2D eigenvalue weighted by atomic mass is 9.95. The summed E-state index contributed by atoms with van der Waals surface area (Å²) in [5.74, 6) is 0. The van der Waals surface area contributed by atoms with Crippen molar-refractivity contribution in [2.24, 2.45) is 0 Å². The average molecular weight is 688 g/mol. The van der Waals surface area contributed by atoms with Crippen molar-refractivity contribution in [3.63, 3.8) is 0 Å². The van der Waals surface area contributed by atoms with Gasteiger partial charge in [-0.1, -0.05) is 103 Å². The summed E-state index contributed by atoms with van der Waals surface area (Å²) >= 11 is 0. The smallest absolute Gasteiger partial charge is 0.0992 e. The number of nitriles is 2. The molecule has 0 spiro atoms. The van der Waals surface area contributed by atoms with Crippen LogP contribution in [0.5, 0.6) is 0 Å². The normalized spacial score (nSPS) is 11.3. The molecule has 250 valence electrons. The molecular formula is C49H29N5. The predicted molar refractivity (Wildman–Crippen MR) is 219 cm³/mol. The van der Waals surface area contributed by atoms with Crippen molar-refractivity contribution in [2.75, 3.05) is 0 Å². The third-order valence-electron chi connectivity index (χ3n) is 10.4. The lowest BCUT2D eigenvalue weighted by Crippen LogP contribution is -1.97. The highest BCUT2D eigenvalue weighted by molar-refractivity contribution is 6.10. The van der Waals surface area contributed by atoms with Crippen LogP contribution in [0.2, 0.25) is 0 Å². The second kappa shape index (κ2) is 12.5. The largest absolute Gasteiger partial charge is 0.309 e. The van der Waals surface area contributed by atoms with Gasteiger partial charge in [-0.05, 0) is 78.4 Å². The number of hydrogen-bond donors (Lipinski definition) is 0. The molecule has 3 aromatic heterocycles. The number of para-hydroxylation sites is 4. The molecule has 0 N–H and O–H groups in total. The van der Waals surface area contributed by atoms with E-state index in [-0.39, 0.29) is 0 Å². The Morgan fingerprint density at radius 3 is 1.22 bits per heavy atom. The number of nitrogens with zero attached hydrogens (tertiary/aromatic N) is 5. The van der Waals surface area contributed by atoms with Gasteiger partial charge in [-0.3, -0.25) is 0 Å². The number of rotatable bonds is 5. The van der Waals surface area contributed by atoms with E-state index in [1.54, 1.807) is 6.07 Å². The molecule has 3 heterocycles. The summed E-state index contributed by atoms with van der Waals surface area (Å²) < 4.78 is 4.60. The number of pyridine rings is 1. The van der Waals surface area contributed by atoms with Crippen molar-refractivity contribution >= 4 is 43.6 Å². The average Bonchev–Trinajstić information content (AvgIpc) is 3.76. The Morgan fingerprint density at radius 1 is 0.389 bits per heavy atom. The van der Waals surface area contributed by atoms with Gasteiger partial charge in [0.2, 0.25) is 0 Å². The lowest BCUT2D eigenvalue weighted by molar-refractivity contribution is 1.18. The summed E-state index contributed by atoms with van der Waals surface area (Å²) in [6.45, 7) is 0. The van der Waals surface area contributed by atoms with Gasteiger partial charge < -0.3 is 9.13 Å². The van der Waals surface area contributed by atoms with Crippen LogP contribution in [0.3, 0.4) is 0 Å². The van der Waals surface area contributed by atoms with Crippen LogP contribution in [0.4, 0.5) is 0 Å². The molecule has 0 bridgehead atoms. The first kappa shape index (κ1) is 31.0. The van der Waals surface area contributed by atoms with Crippen LogP contribution < -0.4 is 0 Å². The minimum atomic E-state index is 0.416. The number of benzene rings is 7. The van der Waals surface area contributed by atoms with E-state index in [4.69, 9.17) is 4.98 Å². The molecule has 0 saturated carbocycles. The molecule has 5 heteroatoms. The molecule has 0 aliphatic rings. The predicted octanol–water partition coefficient (Wildman–Crippen LogP) is 12.0. The maximum Gasteiger partial charge on any atom is 0.0992 e. The Balaban J connectivity index is 1.09. The van der Waals surface area contributed by atoms with Crippen LogP contribution in [-0.2, 0) is 0 Å². The summed E-state index contributed by atoms with van der Waals surface area (Å²) in [4.78, 5) is 5.26. The SMILES string of the molecule is N#Cc1cc(C#N)cc(-c2nc(-c3ccc(-n4c5ccccc5c5ccccc54)cc3)ccc2-c2ccc(-n3c4ccccc4c4ccccc43)cc2)c1. The molecule has 0 amide bonds. The first-order chi connectivity index (χ1) is 26.7. The molecule has 0 aliphatic heterocycles. The molecule has 0 atom stereocenters. The van der Waals surface area contributed by atoms with E-state index in [0.717, 1.165) is 61.4 Å². The molecule has 0 saturated heterocycles. The highest BCUT2D eigenvalue weighted by Gasteiger charge is 2.17. The minimum absolute atomic E-state index is 0.416. The fourth-order valence-corrected chi connectivity index (χ4v) is 7.94.